The maximum atomic E-state index is 12.9. The Labute approximate surface area is 153 Å². The lowest BCUT2D eigenvalue weighted by Gasteiger charge is -2.36. The number of carbonyl (C=O) groups excluding carboxylic acids is 1. The van der Waals surface area contributed by atoms with Crippen LogP contribution in [0.5, 0.6) is 0 Å². The zero-order valence-corrected chi connectivity index (χ0v) is 14.4. The summed E-state index contributed by atoms with van der Waals surface area (Å²) in [4.78, 5) is 20.6. The van der Waals surface area contributed by atoms with E-state index in [-0.39, 0.29) is 5.91 Å². The summed E-state index contributed by atoms with van der Waals surface area (Å²) in [5, 5.41) is 0. The summed E-state index contributed by atoms with van der Waals surface area (Å²) >= 11 is 0. The van der Waals surface area contributed by atoms with E-state index in [2.05, 4.69) is 4.98 Å². The highest BCUT2D eigenvalue weighted by atomic mass is 19.4. The molecule has 0 N–H and O–H groups in total. The van der Waals surface area contributed by atoms with Gasteiger partial charge in [-0.25, -0.2) is 4.98 Å². The largest absolute Gasteiger partial charge is 0.416 e. The molecular weight excluding hydrogens is 357 g/mol. The van der Waals surface area contributed by atoms with Crippen molar-refractivity contribution in [3.05, 3.63) is 66.1 Å². The molecule has 0 radical (unpaired) electrons. The molecule has 0 saturated carbocycles. The third kappa shape index (κ3) is 3.34. The molecule has 0 bridgehead atoms. The summed E-state index contributed by atoms with van der Waals surface area (Å²) < 4.78 is 40.5. The summed E-state index contributed by atoms with van der Waals surface area (Å²) in [6.45, 7) is 1.83. The first-order chi connectivity index (χ1) is 12.9. The number of halogens is 3. The van der Waals surface area contributed by atoms with Gasteiger partial charge in [-0.15, -0.1) is 0 Å². The lowest BCUT2D eigenvalue weighted by molar-refractivity contribution is -0.137. The minimum atomic E-state index is -4.36. The molecule has 1 fully saturated rings. The van der Waals surface area contributed by atoms with E-state index in [0.29, 0.717) is 43.2 Å². The topological polar surface area (TPSA) is 40.9 Å². The van der Waals surface area contributed by atoms with Crippen molar-refractivity contribution < 1.29 is 18.0 Å². The van der Waals surface area contributed by atoms with E-state index in [4.69, 9.17) is 0 Å². The quantitative estimate of drug-likeness (QED) is 0.691. The number of fused-ring (bicyclic) bond motifs is 1. The maximum absolute atomic E-state index is 12.9. The molecule has 0 spiro atoms. The number of anilines is 1. The number of amides is 1. The van der Waals surface area contributed by atoms with Crippen LogP contribution in [0.2, 0.25) is 0 Å². The van der Waals surface area contributed by atoms with E-state index in [1.54, 1.807) is 27.8 Å². The fourth-order valence-electron chi connectivity index (χ4n) is 3.30. The Kier molecular flexibility index (Phi) is 4.25. The number of nitrogens with zero attached hydrogens (tertiary/aromatic N) is 4. The number of aromatic nitrogens is 2. The predicted octanol–water partition coefficient (Wildman–Crippen LogP) is 3.32. The van der Waals surface area contributed by atoms with Crippen molar-refractivity contribution in [2.75, 3.05) is 31.1 Å². The first-order valence-corrected chi connectivity index (χ1v) is 8.57. The van der Waals surface area contributed by atoms with Crippen molar-refractivity contribution in [2.24, 2.45) is 0 Å². The Balaban J connectivity index is 1.47. The van der Waals surface area contributed by atoms with E-state index in [1.807, 2.05) is 23.1 Å². The van der Waals surface area contributed by atoms with Crippen LogP contribution in [-0.2, 0) is 6.18 Å². The van der Waals surface area contributed by atoms with Crippen LogP contribution in [0, 0.1) is 0 Å². The smallest absolute Gasteiger partial charge is 0.368 e. The van der Waals surface area contributed by atoms with Crippen molar-refractivity contribution >= 4 is 17.2 Å². The van der Waals surface area contributed by atoms with Gasteiger partial charge in [-0.3, -0.25) is 9.20 Å². The Bertz CT molecular complexity index is 974. The van der Waals surface area contributed by atoms with Gasteiger partial charge in [-0.2, -0.15) is 13.2 Å². The van der Waals surface area contributed by atoms with Crippen molar-refractivity contribution in [2.45, 2.75) is 6.18 Å². The van der Waals surface area contributed by atoms with Crippen LogP contribution in [0.15, 0.2) is 54.9 Å². The van der Waals surface area contributed by atoms with E-state index in [9.17, 15) is 18.0 Å². The predicted molar refractivity (Wildman–Crippen MR) is 94.8 cm³/mol. The zero-order valence-electron chi connectivity index (χ0n) is 14.4. The Morgan fingerprint density at radius 3 is 2.52 bits per heavy atom. The molecule has 3 aromatic rings. The lowest BCUT2D eigenvalue weighted by Crippen LogP contribution is -2.49. The molecule has 1 aliphatic rings. The summed E-state index contributed by atoms with van der Waals surface area (Å²) in [6, 6.07) is 10.8. The number of hydrogen-bond acceptors (Lipinski definition) is 3. The number of alkyl halides is 3. The number of pyridine rings is 1. The van der Waals surface area contributed by atoms with Crippen molar-refractivity contribution in [1.82, 2.24) is 14.3 Å². The van der Waals surface area contributed by atoms with Gasteiger partial charge in [-0.05, 0) is 30.3 Å². The minimum absolute atomic E-state index is 0.127. The van der Waals surface area contributed by atoms with Gasteiger partial charge < -0.3 is 9.80 Å². The van der Waals surface area contributed by atoms with Gasteiger partial charge >= 0.3 is 6.18 Å². The van der Waals surface area contributed by atoms with Crippen molar-refractivity contribution in [3.63, 3.8) is 0 Å². The van der Waals surface area contributed by atoms with Crippen LogP contribution in [0.3, 0.4) is 0 Å². The lowest BCUT2D eigenvalue weighted by atomic mass is 10.1. The van der Waals surface area contributed by atoms with E-state index < -0.39 is 11.7 Å². The van der Waals surface area contributed by atoms with Crippen LogP contribution < -0.4 is 4.90 Å². The van der Waals surface area contributed by atoms with Gasteiger partial charge in [0.2, 0.25) is 0 Å². The van der Waals surface area contributed by atoms with E-state index in [1.165, 1.54) is 6.07 Å². The molecule has 3 heterocycles. The molecule has 1 amide bonds. The zero-order chi connectivity index (χ0) is 19.0. The summed E-state index contributed by atoms with van der Waals surface area (Å²) in [6.07, 6.45) is -1.03. The van der Waals surface area contributed by atoms with Crippen LogP contribution in [-0.4, -0.2) is 46.4 Å². The monoisotopic (exact) mass is 374 g/mol. The molecule has 0 atom stereocenters. The normalized spacial score (nSPS) is 15.4. The van der Waals surface area contributed by atoms with Gasteiger partial charge in [0.05, 0.1) is 11.8 Å². The molecule has 1 saturated heterocycles. The van der Waals surface area contributed by atoms with Gasteiger partial charge in [0, 0.05) is 38.1 Å². The highest BCUT2D eigenvalue weighted by Crippen LogP contribution is 2.31. The molecule has 0 aliphatic carbocycles. The second-order valence-corrected chi connectivity index (χ2v) is 6.40. The molecule has 1 aliphatic heterocycles. The summed E-state index contributed by atoms with van der Waals surface area (Å²) in [5.41, 5.74) is 1.04. The summed E-state index contributed by atoms with van der Waals surface area (Å²) in [7, 11) is 0. The SMILES string of the molecule is O=C(c1cnc2ccccn12)N1CCN(c2cccc(C(F)(F)F)c2)CC1. The average molecular weight is 374 g/mol. The standard InChI is InChI=1S/C19H17F3N4O/c20-19(21,22)14-4-3-5-15(12-14)24-8-10-25(11-9-24)18(27)16-13-23-17-6-1-2-7-26(16)17/h1-7,12-13H,8-11H2. The first kappa shape index (κ1) is 17.4. The van der Waals surface area contributed by atoms with E-state index >= 15 is 0 Å². The number of rotatable bonds is 2. The average Bonchev–Trinajstić information content (AvgIpc) is 3.11. The van der Waals surface area contributed by atoms with Crippen molar-refractivity contribution in [1.29, 1.82) is 0 Å². The van der Waals surface area contributed by atoms with Crippen LogP contribution in [0.1, 0.15) is 16.1 Å². The fourth-order valence-corrected chi connectivity index (χ4v) is 3.30. The number of carbonyl (C=O) groups is 1. The fraction of sp³-hybridized carbons (Fsp3) is 0.263. The Morgan fingerprint density at radius 1 is 1.00 bits per heavy atom. The molecule has 1 aromatic carbocycles. The number of benzene rings is 1. The Hall–Kier alpha value is -3.03. The number of imidazole rings is 1. The minimum Gasteiger partial charge on any atom is -0.368 e. The second-order valence-electron chi connectivity index (χ2n) is 6.40. The third-order valence-corrected chi connectivity index (χ3v) is 4.74. The van der Waals surface area contributed by atoms with Gasteiger partial charge in [-0.1, -0.05) is 12.1 Å². The molecular formula is C19H17F3N4O. The third-order valence-electron chi connectivity index (χ3n) is 4.74. The van der Waals surface area contributed by atoms with Crippen LogP contribution in [0.25, 0.3) is 5.65 Å². The van der Waals surface area contributed by atoms with Gasteiger partial charge in [0.25, 0.3) is 5.91 Å². The molecule has 8 heteroatoms. The molecule has 4 rings (SSSR count). The molecule has 5 nitrogen and oxygen atoms in total. The highest BCUT2D eigenvalue weighted by molar-refractivity contribution is 5.93. The summed E-state index contributed by atoms with van der Waals surface area (Å²) in [5.74, 6) is -0.127. The molecule has 27 heavy (non-hydrogen) atoms. The van der Waals surface area contributed by atoms with Crippen LogP contribution in [0.4, 0.5) is 18.9 Å². The maximum Gasteiger partial charge on any atom is 0.416 e. The van der Waals surface area contributed by atoms with Gasteiger partial charge in [0.15, 0.2) is 0 Å². The molecule has 140 valence electrons. The highest BCUT2D eigenvalue weighted by Gasteiger charge is 2.31. The number of piperazine rings is 1. The number of hydrogen-bond donors (Lipinski definition) is 0. The van der Waals surface area contributed by atoms with Gasteiger partial charge in [0.1, 0.15) is 11.3 Å². The second kappa shape index (κ2) is 6.61. The van der Waals surface area contributed by atoms with Crippen LogP contribution >= 0.6 is 0 Å². The molecule has 2 aromatic heterocycles. The molecule has 0 unspecified atom stereocenters. The Morgan fingerprint density at radius 2 is 1.78 bits per heavy atom. The van der Waals surface area contributed by atoms with E-state index in [0.717, 1.165) is 12.1 Å². The van der Waals surface area contributed by atoms with Crippen molar-refractivity contribution in [3.8, 4) is 0 Å². The first-order valence-electron chi connectivity index (χ1n) is 8.57.